The van der Waals surface area contributed by atoms with Crippen LogP contribution in [0.1, 0.15) is 37.0 Å². The maximum atomic E-state index is 12.3. The first-order chi connectivity index (χ1) is 11.4. The van der Waals surface area contributed by atoms with E-state index in [2.05, 4.69) is 9.97 Å². The van der Waals surface area contributed by atoms with Crippen LogP contribution in [-0.2, 0) is 6.42 Å². The number of H-pyrrole nitrogens is 1. The summed E-state index contributed by atoms with van der Waals surface area (Å²) in [7, 11) is 0. The van der Waals surface area contributed by atoms with E-state index >= 15 is 0 Å². The van der Waals surface area contributed by atoms with E-state index in [1.165, 1.54) is 6.07 Å². The lowest BCUT2D eigenvalue weighted by Gasteiger charge is -2.05. The van der Waals surface area contributed by atoms with Gasteiger partial charge in [0.1, 0.15) is 15.5 Å². The summed E-state index contributed by atoms with van der Waals surface area (Å²) in [5.41, 5.74) is 0.603. The third-order valence-electron chi connectivity index (χ3n) is 3.65. The van der Waals surface area contributed by atoms with Gasteiger partial charge in [0.25, 0.3) is 5.56 Å². The number of carboxylic acid groups (broad SMARTS) is 2. The number of carbonyl (C=O) groups is 2. The molecule has 0 aliphatic heterocycles. The average Bonchev–Trinajstić information content (AvgIpc) is 2.85. The zero-order valence-corrected chi connectivity index (χ0v) is 13.3. The number of benzene rings is 1. The molecular formula is C16H12N2O5S. The van der Waals surface area contributed by atoms with Crippen LogP contribution in [0.3, 0.4) is 0 Å². The summed E-state index contributed by atoms with van der Waals surface area (Å²) in [5, 5.41) is 18.6. The molecule has 0 spiro atoms. The lowest BCUT2D eigenvalue weighted by atomic mass is 10.0. The lowest BCUT2D eigenvalue weighted by Crippen LogP contribution is -2.13. The van der Waals surface area contributed by atoms with Gasteiger partial charge in [-0.15, -0.1) is 11.3 Å². The highest BCUT2D eigenvalue weighted by Crippen LogP contribution is 2.27. The minimum atomic E-state index is -1.10. The molecule has 0 atom stereocenters. The number of aromatic nitrogens is 2. The van der Waals surface area contributed by atoms with E-state index in [0.717, 1.165) is 11.3 Å². The van der Waals surface area contributed by atoms with Crippen molar-refractivity contribution in [3.8, 4) is 0 Å². The van der Waals surface area contributed by atoms with Crippen LogP contribution in [0.4, 0.5) is 0 Å². The number of nitrogens with zero attached hydrogens (tertiary/aromatic N) is 1. The molecule has 0 amide bonds. The maximum absolute atomic E-state index is 12.3. The van der Waals surface area contributed by atoms with Gasteiger partial charge in [0.2, 0.25) is 0 Å². The number of nitrogens with one attached hydrogen (secondary N) is 1. The van der Waals surface area contributed by atoms with E-state index in [0.29, 0.717) is 21.8 Å². The lowest BCUT2D eigenvalue weighted by molar-refractivity contribution is 0.0687. The van der Waals surface area contributed by atoms with E-state index in [4.69, 9.17) is 5.11 Å². The number of fused-ring (bicyclic) bond motifs is 1. The fourth-order valence-corrected chi connectivity index (χ4v) is 3.58. The molecule has 2 heterocycles. The van der Waals surface area contributed by atoms with Crippen LogP contribution in [-0.4, -0.2) is 32.1 Å². The van der Waals surface area contributed by atoms with Crippen molar-refractivity contribution < 1.29 is 19.8 Å². The molecule has 0 aliphatic carbocycles. The van der Waals surface area contributed by atoms with Gasteiger partial charge in [-0.3, -0.25) is 4.79 Å². The maximum Gasteiger partial charge on any atom is 0.346 e. The van der Waals surface area contributed by atoms with Crippen LogP contribution >= 0.6 is 11.3 Å². The summed E-state index contributed by atoms with van der Waals surface area (Å²) < 4.78 is 0. The fraction of sp³-hybridized carbons (Fsp3) is 0.125. The molecular weight excluding hydrogens is 332 g/mol. The third kappa shape index (κ3) is 2.67. The number of thiophene rings is 1. The smallest absolute Gasteiger partial charge is 0.346 e. The van der Waals surface area contributed by atoms with Crippen molar-refractivity contribution in [1.29, 1.82) is 0 Å². The highest BCUT2D eigenvalue weighted by Gasteiger charge is 2.19. The van der Waals surface area contributed by atoms with Crippen molar-refractivity contribution in [2.24, 2.45) is 0 Å². The SMILES string of the molecule is Cc1c(C(=O)O)sc2nc(Cc3ccccc3C(=O)O)[nH]c(=O)c12. The number of hydrogen-bond donors (Lipinski definition) is 3. The second kappa shape index (κ2) is 5.89. The van der Waals surface area contributed by atoms with Crippen LogP contribution < -0.4 is 5.56 Å². The van der Waals surface area contributed by atoms with Gasteiger partial charge in [-0.25, -0.2) is 14.6 Å². The summed E-state index contributed by atoms with van der Waals surface area (Å²) in [4.78, 5) is 42.0. The topological polar surface area (TPSA) is 120 Å². The third-order valence-corrected chi connectivity index (χ3v) is 4.82. The second-order valence-corrected chi connectivity index (χ2v) is 6.19. The monoisotopic (exact) mass is 344 g/mol. The van der Waals surface area contributed by atoms with Gasteiger partial charge in [0.05, 0.1) is 10.9 Å². The average molecular weight is 344 g/mol. The van der Waals surface area contributed by atoms with Crippen LogP contribution in [0.25, 0.3) is 10.2 Å². The Balaban J connectivity index is 2.11. The molecule has 3 N–H and O–H groups in total. The molecule has 0 fully saturated rings. The molecule has 0 unspecified atom stereocenters. The Bertz CT molecular complexity index is 1030. The molecule has 0 saturated carbocycles. The summed E-state index contributed by atoms with van der Waals surface area (Å²) in [6.45, 7) is 1.57. The minimum Gasteiger partial charge on any atom is -0.478 e. The molecule has 7 nitrogen and oxygen atoms in total. The van der Waals surface area contributed by atoms with Crippen LogP contribution in [0.15, 0.2) is 29.1 Å². The van der Waals surface area contributed by atoms with Crippen LogP contribution in [0.5, 0.6) is 0 Å². The number of aryl methyl sites for hydroxylation is 1. The first-order valence-electron chi connectivity index (χ1n) is 6.95. The Hall–Kier alpha value is -3.00. The predicted molar refractivity (Wildman–Crippen MR) is 88.1 cm³/mol. The minimum absolute atomic E-state index is 0.0751. The van der Waals surface area contributed by atoms with Crippen molar-refractivity contribution in [3.63, 3.8) is 0 Å². The number of hydrogen-bond acceptors (Lipinski definition) is 5. The molecule has 3 rings (SSSR count). The second-order valence-electron chi connectivity index (χ2n) is 5.19. The Morgan fingerprint density at radius 1 is 1.21 bits per heavy atom. The molecule has 8 heteroatoms. The molecule has 0 radical (unpaired) electrons. The van der Waals surface area contributed by atoms with Crippen molar-refractivity contribution in [2.75, 3.05) is 0 Å². The summed E-state index contributed by atoms with van der Waals surface area (Å²) in [6, 6.07) is 6.45. The standard InChI is InChI=1S/C16H12N2O5S/c1-7-11-13(19)17-10(18-14(11)24-12(7)16(22)23)6-8-4-2-3-5-9(8)15(20)21/h2-5H,6H2,1H3,(H,20,21)(H,22,23)(H,17,18,19). The summed E-state index contributed by atoms with van der Waals surface area (Å²) in [6.07, 6.45) is 0.132. The molecule has 1 aromatic carbocycles. The van der Waals surface area contributed by atoms with Gasteiger partial charge in [-0.2, -0.15) is 0 Å². The number of carboxylic acids is 2. The van der Waals surface area contributed by atoms with Gasteiger partial charge in [0.15, 0.2) is 0 Å². The van der Waals surface area contributed by atoms with E-state index in [-0.39, 0.29) is 22.2 Å². The van der Waals surface area contributed by atoms with E-state index < -0.39 is 17.5 Å². The van der Waals surface area contributed by atoms with Gasteiger partial charge in [-0.05, 0) is 24.1 Å². The molecule has 3 aromatic rings. The number of rotatable bonds is 4. The normalized spacial score (nSPS) is 10.9. The Kier molecular flexibility index (Phi) is 3.90. The first-order valence-corrected chi connectivity index (χ1v) is 7.77. The zero-order valence-electron chi connectivity index (χ0n) is 12.5. The van der Waals surface area contributed by atoms with Crippen LogP contribution in [0, 0.1) is 6.92 Å². The Morgan fingerprint density at radius 3 is 2.58 bits per heavy atom. The zero-order chi connectivity index (χ0) is 17.4. The Labute approximate surface area is 139 Å². The predicted octanol–water partition coefficient (Wildman–Crippen LogP) is 2.28. The highest BCUT2D eigenvalue weighted by atomic mass is 32.1. The fourth-order valence-electron chi connectivity index (χ4n) is 2.54. The number of aromatic amines is 1. The van der Waals surface area contributed by atoms with Gasteiger partial charge in [0, 0.05) is 6.42 Å². The number of aromatic carboxylic acids is 2. The summed E-state index contributed by atoms with van der Waals surface area (Å²) in [5.74, 6) is -1.87. The largest absolute Gasteiger partial charge is 0.478 e. The molecule has 2 aromatic heterocycles. The molecule has 122 valence electrons. The van der Waals surface area contributed by atoms with E-state index in [9.17, 15) is 19.5 Å². The molecule has 24 heavy (non-hydrogen) atoms. The quantitative estimate of drug-likeness (QED) is 0.668. The molecule has 0 bridgehead atoms. The van der Waals surface area contributed by atoms with Crippen molar-refractivity contribution in [1.82, 2.24) is 9.97 Å². The molecule has 0 saturated heterocycles. The molecule has 0 aliphatic rings. The van der Waals surface area contributed by atoms with Gasteiger partial charge < -0.3 is 15.2 Å². The highest BCUT2D eigenvalue weighted by molar-refractivity contribution is 7.20. The van der Waals surface area contributed by atoms with Gasteiger partial charge in [-0.1, -0.05) is 18.2 Å². The van der Waals surface area contributed by atoms with Crippen molar-refractivity contribution in [3.05, 3.63) is 62.0 Å². The summed E-state index contributed by atoms with van der Waals surface area (Å²) >= 11 is 0.934. The van der Waals surface area contributed by atoms with Gasteiger partial charge >= 0.3 is 11.9 Å². The van der Waals surface area contributed by atoms with Crippen molar-refractivity contribution >= 4 is 33.5 Å². The Morgan fingerprint density at radius 2 is 1.92 bits per heavy atom. The first kappa shape index (κ1) is 15.9. The van der Waals surface area contributed by atoms with E-state index in [1.54, 1.807) is 25.1 Å². The van der Waals surface area contributed by atoms with E-state index in [1.807, 2.05) is 0 Å². The van der Waals surface area contributed by atoms with Crippen LogP contribution in [0.2, 0.25) is 0 Å². The van der Waals surface area contributed by atoms with Crippen molar-refractivity contribution in [2.45, 2.75) is 13.3 Å².